The third kappa shape index (κ3) is 5.93. The van der Waals surface area contributed by atoms with Crippen LogP contribution in [0.15, 0.2) is 90.2 Å². The van der Waals surface area contributed by atoms with Crippen LogP contribution in [0.2, 0.25) is 5.02 Å². The maximum Gasteiger partial charge on any atom is 0.343 e. The molecule has 0 saturated carbocycles. The van der Waals surface area contributed by atoms with E-state index in [9.17, 15) is 14.0 Å². The number of nitrogens with one attached hydrogen (secondary N) is 1. The largest absolute Gasteiger partial charge is 0.423 e. The van der Waals surface area contributed by atoms with Gasteiger partial charge in [-0.2, -0.15) is 10.2 Å². The summed E-state index contributed by atoms with van der Waals surface area (Å²) in [7, 11) is 0. The number of esters is 1. The second kappa shape index (κ2) is 10.5. The molecule has 170 valence electrons. The summed E-state index contributed by atoms with van der Waals surface area (Å²) in [5.41, 5.74) is 4.03. The molecule has 34 heavy (non-hydrogen) atoms. The summed E-state index contributed by atoms with van der Waals surface area (Å²) >= 11 is 5.89. The molecule has 1 N–H and O–H groups in total. The molecular weight excluding hydrogens is 459 g/mol. The van der Waals surface area contributed by atoms with E-state index in [0.717, 1.165) is 0 Å². The highest BCUT2D eigenvalue weighted by atomic mass is 35.5. The van der Waals surface area contributed by atoms with Crippen LogP contribution in [0.25, 0.3) is 0 Å². The highest BCUT2D eigenvalue weighted by Crippen LogP contribution is 2.16. The minimum absolute atomic E-state index is 0.150. The van der Waals surface area contributed by atoms with E-state index >= 15 is 0 Å². The van der Waals surface area contributed by atoms with Crippen molar-refractivity contribution < 1.29 is 18.7 Å². The quantitative estimate of drug-likeness (QED) is 0.181. The molecule has 0 aliphatic rings. The van der Waals surface area contributed by atoms with E-state index in [2.05, 4.69) is 15.6 Å². The normalized spacial score (nSPS) is 10.9. The van der Waals surface area contributed by atoms with Crippen LogP contribution in [0.5, 0.6) is 5.75 Å². The van der Waals surface area contributed by atoms with E-state index in [1.807, 2.05) is 0 Å². The number of ether oxygens (including phenoxy) is 1. The van der Waals surface area contributed by atoms with Gasteiger partial charge in [0.1, 0.15) is 11.6 Å². The number of amides is 1. The Labute approximate surface area is 199 Å². The van der Waals surface area contributed by atoms with Crippen LogP contribution in [-0.4, -0.2) is 27.9 Å². The van der Waals surface area contributed by atoms with Gasteiger partial charge in [-0.1, -0.05) is 35.9 Å². The molecule has 4 rings (SSSR count). The Bertz CT molecular complexity index is 1350. The van der Waals surface area contributed by atoms with E-state index in [-0.39, 0.29) is 18.1 Å². The Balaban J connectivity index is 1.30. The second-order valence-electron chi connectivity index (χ2n) is 7.16. The van der Waals surface area contributed by atoms with E-state index in [1.165, 1.54) is 29.1 Å². The van der Waals surface area contributed by atoms with Crippen LogP contribution in [0.3, 0.4) is 0 Å². The summed E-state index contributed by atoms with van der Waals surface area (Å²) in [6.07, 6.45) is 3.03. The second-order valence-corrected chi connectivity index (χ2v) is 7.59. The Hall–Kier alpha value is -4.30. The summed E-state index contributed by atoms with van der Waals surface area (Å²) in [6, 6.07) is 20.9. The van der Waals surface area contributed by atoms with Crippen LogP contribution in [-0.2, 0) is 6.54 Å². The Morgan fingerprint density at radius 1 is 1.06 bits per heavy atom. The molecular formula is C25H18ClFN4O3. The monoisotopic (exact) mass is 476 g/mol. The summed E-state index contributed by atoms with van der Waals surface area (Å²) in [6.45, 7) is 0.206. The molecule has 0 saturated heterocycles. The predicted octanol–water partition coefficient (Wildman–Crippen LogP) is 4.71. The molecule has 4 aromatic rings. The molecule has 0 aliphatic carbocycles. The fourth-order valence-corrected chi connectivity index (χ4v) is 3.19. The van der Waals surface area contributed by atoms with E-state index in [0.29, 0.717) is 27.5 Å². The predicted molar refractivity (Wildman–Crippen MR) is 126 cm³/mol. The number of halogens is 2. The molecule has 0 unspecified atom stereocenters. The van der Waals surface area contributed by atoms with Gasteiger partial charge in [-0.05, 0) is 60.2 Å². The van der Waals surface area contributed by atoms with Gasteiger partial charge in [-0.25, -0.2) is 14.6 Å². The first-order valence-electron chi connectivity index (χ1n) is 10.2. The Kier molecular flexibility index (Phi) is 7.10. The maximum atomic E-state index is 13.8. The number of hydrazone groups is 1. The molecule has 9 heteroatoms. The lowest BCUT2D eigenvalue weighted by atomic mass is 10.2. The molecule has 0 atom stereocenters. The van der Waals surface area contributed by atoms with Crippen LogP contribution in [0.1, 0.15) is 32.0 Å². The highest BCUT2D eigenvalue weighted by Gasteiger charge is 2.11. The Morgan fingerprint density at radius 2 is 1.85 bits per heavy atom. The van der Waals surface area contributed by atoms with Gasteiger partial charge in [0.25, 0.3) is 5.91 Å². The van der Waals surface area contributed by atoms with Crippen molar-refractivity contribution in [2.24, 2.45) is 5.10 Å². The van der Waals surface area contributed by atoms with Crippen molar-refractivity contribution in [1.82, 2.24) is 15.2 Å². The van der Waals surface area contributed by atoms with E-state index in [4.69, 9.17) is 16.3 Å². The maximum absolute atomic E-state index is 13.8. The lowest BCUT2D eigenvalue weighted by Gasteiger charge is -2.05. The number of hydrogen-bond acceptors (Lipinski definition) is 5. The van der Waals surface area contributed by atoms with Crippen molar-refractivity contribution in [3.63, 3.8) is 0 Å². The molecule has 0 aliphatic heterocycles. The first-order valence-corrected chi connectivity index (χ1v) is 10.5. The zero-order chi connectivity index (χ0) is 23.9. The van der Waals surface area contributed by atoms with Crippen molar-refractivity contribution in [1.29, 1.82) is 0 Å². The fourth-order valence-electron chi connectivity index (χ4n) is 3.00. The van der Waals surface area contributed by atoms with E-state index in [1.54, 1.807) is 66.9 Å². The van der Waals surface area contributed by atoms with Crippen molar-refractivity contribution in [3.05, 3.63) is 118 Å². The topological polar surface area (TPSA) is 85.6 Å². The minimum atomic E-state index is -0.523. The minimum Gasteiger partial charge on any atom is -0.423 e. The molecule has 1 aromatic heterocycles. The van der Waals surface area contributed by atoms with Crippen molar-refractivity contribution in [2.75, 3.05) is 0 Å². The molecule has 1 amide bonds. The fraction of sp³-hybridized carbons (Fsp3) is 0.0400. The first kappa shape index (κ1) is 22.9. The average molecular weight is 477 g/mol. The van der Waals surface area contributed by atoms with Crippen LogP contribution >= 0.6 is 11.6 Å². The zero-order valence-electron chi connectivity index (χ0n) is 17.7. The first-order chi connectivity index (χ1) is 16.5. The lowest BCUT2D eigenvalue weighted by Crippen LogP contribution is -2.18. The Morgan fingerprint density at radius 3 is 2.62 bits per heavy atom. The molecule has 1 heterocycles. The van der Waals surface area contributed by atoms with Crippen LogP contribution < -0.4 is 10.2 Å². The van der Waals surface area contributed by atoms with Gasteiger partial charge in [-0.3, -0.25) is 9.48 Å². The standard InChI is InChI=1S/C25H18ClFN4O3/c26-20-6-3-5-18(14-20)25(33)34-21-10-8-17(9-11-21)15-28-29-24(32)23-12-13-31(30-23)16-19-4-1-2-7-22(19)27/h1-15H,16H2,(H,29,32). The molecule has 0 bridgehead atoms. The summed E-state index contributed by atoms with van der Waals surface area (Å²) in [4.78, 5) is 24.4. The van der Waals surface area contributed by atoms with E-state index < -0.39 is 11.9 Å². The average Bonchev–Trinajstić information content (AvgIpc) is 3.30. The number of benzene rings is 3. The number of nitrogens with zero attached hydrogens (tertiary/aromatic N) is 3. The SMILES string of the molecule is O=C(Oc1ccc(C=NNC(=O)c2ccn(Cc3ccccc3F)n2)cc1)c1cccc(Cl)c1. The van der Waals surface area contributed by atoms with Crippen LogP contribution in [0, 0.1) is 5.82 Å². The smallest absolute Gasteiger partial charge is 0.343 e. The number of carbonyl (C=O) groups is 2. The third-order valence-electron chi connectivity index (χ3n) is 4.69. The van der Waals surface area contributed by atoms with Gasteiger partial charge in [-0.15, -0.1) is 0 Å². The van der Waals surface area contributed by atoms with Gasteiger partial charge in [0.15, 0.2) is 5.69 Å². The van der Waals surface area contributed by atoms with Crippen molar-refractivity contribution in [2.45, 2.75) is 6.54 Å². The third-order valence-corrected chi connectivity index (χ3v) is 4.93. The van der Waals surface area contributed by atoms with Gasteiger partial charge in [0.05, 0.1) is 18.3 Å². The van der Waals surface area contributed by atoms with Gasteiger partial charge in [0.2, 0.25) is 0 Å². The molecule has 0 fully saturated rings. The molecule has 7 nitrogen and oxygen atoms in total. The summed E-state index contributed by atoms with van der Waals surface area (Å²) in [5.74, 6) is -1.01. The molecule has 0 radical (unpaired) electrons. The van der Waals surface area contributed by atoms with Crippen molar-refractivity contribution >= 4 is 29.7 Å². The number of aromatic nitrogens is 2. The van der Waals surface area contributed by atoms with Gasteiger partial charge in [0, 0.05) is 16.8 Å². The highest BCUT2D eigenvalue weighted by molar-refractivity contribution is 6.30. The van der Waals surface area contributed by atoms with Crippen molar-refractivity contribution in [3.8, 4) is 5.75 Å². The number of carbonyl (C=O) groups excluding carboxylic acids is 2. The number of hydrogen-bond donors (Lipinski definition) is 1. The van der Waals surface area contributed by atoms with Gasteiger partial charge >= 0.3 is 5.97 Å². The summed E-state index contributed by atoms with van der Waals surface area (Å²) in [5, 5.41) is 8.51. The van der Waals surface area contributed by atoms with Crippen LogP contribution in [0.4, 0.5) is 4.39 Å². The zero-order valence-corrected chi connectivity index (χ0v) is 18.4. The summed E-state index contributed by atoms with van der Waals surface area (Å²) < 4.78 is 20.6. The lowest BCUT2D eigenvalue weighted by molar-refractivity contribution is 0.0734. The van der Waals surface area contributed by atoms with Gasteiger partial charge < -0.3 is 4.74 Å². The molecule has 3 aromatic carbocycles. The number of rotatable bonds is 7. The molecule has 0 spiro atoms.